The topological polar surface area (TPSA) is 17.1 Å². The molecule has 0 saturated carbocycles. The molecule has 1 heterocycles. The maximum absolute atomic E-state index is 12.6. The lowest BCUT2D eigenvalue weighted by molar-refractivity contribution is -0.117. The second-order valence-corrected chi connectivity index (χ2v) is 8.64. The van der Waals surface area contributed by atoms with Gasteiger partial charge in [0, 0.05) is 22.7 Å². The molecular weight excluding hydrogens is 296 g/mol. The minimum absolute atomic E-state index is 0.153. The molecule has 1 fully saturated rings. The Hall–Kier alpha value is -0.930. The van der Waals surface area contributed by atoms with Gasteiger partial charge in [-0.2, -0.15) is 11.8 Å². The molecule has 0 aromatic heterocycles. The van der Waals surface area contributed by atoms with Gasteiger partial charge in [-0.25, -0.2) is 0 Å². The molecule has 0 spiro atoms. The first-order valence-corrected chi connectivity index (χ1v) is 9.40. The zero-order chi connectivity index (χ0) is 14.8. The lowest BCUT2D eigenvalue weighted by Crippen LogP contribution is -2.32. The first kappa shape index (κ1) is 15.0. The second kappa shape index (κ2) is 6.45. The molecular formula is C18H20OS2. The van der Waals surface area contributed by atoms with Gasteiger partial charge in [-0.1, -0.05) is 56.3 Å². The molecule has 1 nitrogen and oxygen atoms in total. The molecule has 0 aliphatic carbocycles. The van der Waals surface area contributed by atoms with E-state index in [-0.39, 0.29) is 5.25 Å². The highest BCUT2D eigenvalue weighted by atomic mass is 32.2. The third-order valence-electron chi connectivity index (χ3n) is 4.15. The Labute approximate surface area is 134 Å². The minimum atomic E-state index is 0.153. The van der Waals surface area contributed by atoms with Gasteiger partial charge >= 0.3 is 0 Å². The average Bonchev–Trinajstić information content (AvgIpc) is 2.50. The number of hydrogen-bond donors (Lipinski definition) is 0. The van der Waals surface area contributed by atoms with Crippen molar-refractivity contribution >= 4 is 40.1 Å². The SMILES string of the molecule is CC1SCC(C(=O)Cc2cccc3ccccc23)SC1C. The Morgan fingerprint density at radius 1 is 1.10 bits per heavy atom. The number of fused-ring (bicyclic) bond motifs is 1. The van der Waals surface area contributed by atoms with Gasteiger partial charge in [0.25, 0.3) is 0 Å². The van der Waals surface area contributed by atoms with Gasteiger partial charge in [0.05, 0.1) is 5.25 Å². The zero-order valence-corrected chi connectivity index (χ0v) is 14.0. The van der Waals surface area contributed by atoms with E-state index in [1.807, 2.05) is 35.7 Å². The predicted molar refractivity (Wildman–Crippen MR) is 95.4 cm³/mol. The van der Waals surface area contributed by atoms with Crippen molar-refractivity contribution in [3.8, 4) is 0 Å². The molecule has 110 valence electrons. The number of carbonyl (C=O) groups excluding carboxylic acids is 1. The van der Waals surface area contributed by atoms with Gasteiger partial charge in [-0.05, 0) is 16.3 Å². The third-order valence-corrected chi connectivity index (χ3v) is 7.59. The summed E-state index contributed by atoms with van der Waals surface area (Å²) in [5.74, 6) is 1.34. The smallest absolute Gasteiger partial charge is 0.151 e. The van der Waals surface area contributed by atoms with Gasteiger partial charge < -0.3 is 0 Å². The number of rotatable bonds is 3. The molecule has 0 radical (unpaired) electrons. The summed E-state index contributed by atoms with van der Waals surface area (Å²) in [6.45, 7) is 4.49. The number of benzene rings is 2. The van der Waals surface area contributed by atoms with Crippen LogP contribution in [-0.4, -0.2) is 27.3 Å². The molecule has 3 unspecified atom stereocenters. The molecule has 2 aromatic carbocycles. The summed E-state index contributed by atoms with van der Waals surface area (Å²) in [6.07, 6.45) is 0.556. The summed E-state index contributed by atoms with van der Waals surface area (Å²) < 4.78 is 0. The van der Waals surface area contributed by atoms with Crippen molar-refractivity contribution in [1.29, 1.82) is 0 Å². The Morgan fingerprint density at radius 3 is 2.67 bits per heavy atom. The van der Waals surface area contributed by atoms with Crippen molar-refractivity contribution in [3.63, 3.8) is 0 Å². The molecule has 21 heavy (non-hydrogen) atoms. The fourth-order valence-electron chi connectivity index (χ4n) is 2.70. The average molecular weight is 316 g/mol. The Bertz CT molecular complexity index is 647. The van der Waals surface area contributed by atoms with Gasteiger partial charge in [-0.15, -0.1) is 11.8 Å². The van der Waals surface area contributed by atoms with E-state index in [0.717, 1.165) is 11.3 Å². The van der Waals surface area contributed by atoms with Crippen LogP contribution >= 0.6 is 23.5 Å². The van der Waals surface area contributed by atoms with Crippen LogP contribution in [0.1, 0.15) is 19.4 Å². The van der Waals surface area contributed by atoms with Crippen LogP contribution in [0.3, 0.4) is 0 Å². The minimum Gasteiger partial charge on any atom is -0.298 e. The predicted octanol–water partition coefficient (Wildman–Crippen LogP) is 4.58. The van der Waals surface area contributed by atoms with E-state index in [2.05, 4.69) is 44.2 Å². The number of Topliss-reactive ketones (excluding diaryl/α,β-unsaturated/α-hetero) is 1. The van der Waals surface area contributed by atoms with Gasteiger partial charge in [0.2, 0.25) is 0 Å². The van der Waals surface area contributed by atoms with Crippen LogP contribution in [-0.2, 0) is 11.2 Å². The van der Waals surface area contributed by atoms with Crippen molar-refractivity contribution in [2.45, 2.75) is 36.0 Å². The molecule has 0 amide bonds. The Morgan fingerprint density at radius 2 is 1.86 bits per heavy atom. The maximum atomic E-state index is 12.6. The molecule has 0 N–H and O–H groups in total. The summed E-state index contributed by atoms with van der Waals surface area (Å²) in [4.78, 5) is 12.6. The lowest BCUT2D eigenvalue weighted by atomic mass is 10.00. The van der Waals surface area contributed by atoms with Crippen LogP contribution in [0.15, 0.2) is 42.5 Å². The molecule has 3 rings (SSSR count). The fourth-order valence-corrected chi connectivity index (χ4v) is 5.59. The van der Waals surface area contributed by atoms with Crippen LogP contribution in [0.2, 0.25) is 0 Å². The van der Waals surface area contributed by atoms with Crippen molar-refractivity contribution in [2.75, 3.05) is 5.75 Å². The summed E-state index contributed by atoms with van der Waals surface area (Å²) in [5.41, 5.74) is 1.16. The van der Waals surface area contributed by atoms with Crippen molar-refractivity contribution in [1.82, 2.24) is 0 Å². The third kappa shape index (κ3) is 3.29. The highest BCUT2D eigenvalue weighted by Gasteiger charge is 2.30. The monoisotopic (exact) mass is 316 g/mol. The van der Waals surface area contributed by atoms with E-state index >= 15 is 0 Å². The molecule has 1 aliphatic heterocycles. The molecule has 0 bridgehead atoms. The van der Waals surface area contributed by atoms with Gasteiger partial charge in [0.1, 0.15) is 0 Å². The lowest BCUT2D eigenvalue weighted by Gasteiger charge is -2.30. The van der Waals surface area contributed by atoms with Crippen LogP contribution in [0.4, 0.5) is 0 Å². The van der Waals surface area contributed by atoms with E-state index in [9.17, 15) is 4.79 Å². The van der Waals surface area contributed by atoms with Crippen molar-refractivity contribution in [3.05, 3.63) is 48.0 Å². The Balaban J connectivity index is 1.78. The quantitative estimate of drug-likeness (QED) is 0.825. The standard InChI is InChI=1S/C18H20OS2/c1-12-13(2)21-18(11-20-12)17(19)10-15-8-5-7-14-6-3-4-9-16(14)15/h3-9,12-13,18H,10-11H2,1-2H3. The van der Waals surface area contributed by atoms with E-state index in [0.29, 0.717) is 22.7 Å². The van der Waals surface area contributed by atoms with E-state index in [4.69, 9.17) is 0 Å². The van der Waals surface area contributed by atoms with Gasteiger partial charge in [0.15, 0.2) is 5.78 Å². The summed E-state index contributed by atoms with van der Waals surface area (Å²) >= 11 is 3.79. The summed E-state index contributed by atoms with van der Waals surface area (Å²) in [7, 11) is 0. The van der Waals surface area contributed by atoms with Crippen LogP contribution in [0.25, 0.3) is 10.8 Å². The first-order valence-electron chi connectivity index (χ1n) is 7.41. The molecule has 3 atom stereocenters. The van der Waals surface area contributed by atoms with E-state index in [1.165, 1.54) is 10.8 Å². The molecule has 2 aromatic rings. The summed E-state index contributed by atoms with van der Waals surface area (Å²) in [5, 5.41) is 3.79. The van der Waals surface area contributed by atoms with E-state index < -0.39 is 0 Å². The zero-order valence-electron chi connectivity index (χ0n) is 12.4. The number of thioether (sulfide) groups is 2. The number of carbonyl (C=O) groups is 1. The number of ketones is 1. The second-order valence-electron chi connectivity index (χ2n) is 5.65. The largest absolute Gasteiger partial charge is 0.298 e. The molecule has 3 heteroatoms. The normalized spacial score (nSPS) is 25.9. The van der Waals surface area contributed by atoms with Crippen LogP contribution in [0.5, 0.6) is 0 Å². The van der Waals surface area contributed by atoms with E-state index in [1.54, 1.807) is 0 Å². The van der Waals surface area contributed by atoms with Crippen LogP contribution < -0.4 is 0 Å². The molecule has 1 aliphatic rings. The first-order chi connectivity index (χ1) is 10.1. The fraction of sp³-hybridized carbons (Fsp3) is 0.389. The summed E-state index contributed by atoms with van der Waals surface area (Å²) in [6, 6.07) is 14.6. The van der Waals surface area contributed by atoms with Crippen molar-refractivity contribution < 1.29 is 4.79 Å². The highest BCUT2D eigenvalue weighted by Crippen LogP contribution is 2.36. The maximum Gasteiger partial charge on any atom is 0.151 e. The Kier molecular flexibility index (Phi) is 4.60. The highest BCUT2D eigenvalue weighted by molar-refractivity contribution is 8.08. The number of hydrogen-bond acceptors (Lipinski definition) is 3. The van der Waals surface area contributed by atoms with Crippen LogP contribution in [0, 0.1) is 0 Å². The van der Waals surface area contributed by atoms with Crippen molar-refractivity contribution in [2.24, 2.45) is 0 Å². The van der Waals surface area contributed by atoms with Gasteiger partial charge in [-0.3, -0.25) is 4.79 Å². The molecule has 1 saturated heterocycles.